The number of nitrogens with zero attached hydrogens (tertiary/aromatic N) is 1. The Kier molecular flexibility index (Phi) is 3.55. The summed E-state index contributed by atoms with van der Waals surface area (Å²) in [5.74, 6) is 0. The lowest BCUT2D eigenvalue weighted by Crippen LogP contribution is -2.14. The van der Waals surface area contributed by atoms with Gasteiger partial charge in [-0.15, -0.1) is 0 Å². The van der Waals surface area contributed by atoms with Crippen LogP contribution in [0.1, 0.15) is 16.8 Å². The highest BCUT2D eigenvalue weighted by molar-refractivity contribution is 6.30. The van der Waals surface area contributed by atoms with Crippen LogP contribution >= 0.6 is 11.6 Å². The molecule has 1 heterocycles. The van der Waals surface area contributed by atoms with Crippen LogP contribution in [0.15, 0.2) is 35.3 Å². The first-order chi connectivity index (χ1) is 8.52. The lowest BCUT2D eigenvalue weighted by atomic mass is 10.1. The van der Waals surface area contributed by atoms with E-state index in [1.807, 2.05) is 36.6 Å². The average molecular weight is 264 g/mol. The molecule has 0 aliphatic rings. The van der Waals surface area contributed by atoms with Gasteiger partial charge in [0.1, 0.15) is 0 Å². The summed E-state index contributed by atoms with van der Waals surface area (Å²) < 4.78 is 1.87. The Morgan fingerprint density at radius 3 is 2.67 bits per heavy atom. The zero-order chi connectivity index (χ0) is 13.3. The van der Waals surface area contributed by atoms with Gasteiger partial charge in [-0.1, -0.05) is 17.7 Å². The van der Waals surface area contributed by atoms with E-state index in [1.165, 1.54) is 6.07 Å². The summed E-state index contributed by atoms with van der Waals surface area (Å²) in [5, 5.41) is 9.80. The minimum Gasteiger partial charge on any atom is -0.391 e. The van der Waals surface area contributed by atoms with Crippen LogP contribution in [0.5, 0.6) is 0 Å². The highest BCUT2D eigenvalue weighted by Crippen LogP contribution is 2.20. The second kappa shape index (κ2) is 4.96. The summed E-state index contributed by atoms with van der Waals surface area (Å²) in [6, 6.07) is 7.11. The van der Waals surface area contributed by atoms with Crippen LogP contribution in [0.25, 0.3) is 5.69 Å². The van der Waals surface area contributed by atoms with Crippen LogP contribution in [0.3, 0.4) is 0 Å². The third-order valence-corrected chi connectivity index (χ3v) is 3.16. The van der Waals surface area contributed by atoms with E-state index >= 15 is 0 Å². The van der Waals surface area contributed by atoms with Gasteiger partial charge >= 0.3 is 0 Å². The van der Waals surface area contributed by atoms with E-state index in [2.05, 4.69) is 0 Å². The number of aryl methyl sites for hydroxylation is 2. The summed E-state index contributed by atoms with van der Waals surface area (Å²) in [6.07, 6.45) is 1.66. The topological polar surface area (TPSA) is 42.2 Å². The van der Waals surface area contributed by atoms with Crippen LogP contribution in [-0.4, -0.2) is 9.67 Å². The van der Waals surface area contributed by atoms with E-state index in [1.54, 1.807) is 6.20 Å². The molecule has 0 atom stereocenters. The number of rotatable bonds is 2. The van der Waals surface area contributed by atoms with Crippen LogP contribution < -0.4 is 5.43 Å². The van der Waals surface area contributed by atoms with Gasteiger partial charge in [-0.2, -0.15) is 0 Å². The van der Waals surface area contributed by atoms with Crippen molar-refractivity contribution >= 4 is 11.6 Å². The number of aliphatic hydroxyl groups excluding tert-OH is 1. The quantitative estimate of drug-likeness (QED) is 0.905. The summed E-state index contributed by atoms with van der Waals surface area (Å²) in [4.78, 5) is 11.6. The van der Waals surface area contributed by atoms with Crippen molar-refractivity contribution in [2.75, 3.05) is 0 Å². The van der Waals surface area contributed by atoms with Gasteiger partial charge in [-0.25, -0.2) is 0 Å². The third-order valence-electron chi connectivity index (χ3n) is 2.92. The van der Waals surface area contributed by atoms with Crippen molar-refractivity contribution in [3.63, 3.8) is 0 Å². The molecule has 0 aliphatic heterocycles. The van der Waals surface area contributed by atoms with Gasteiger partial charge in [-0.3, -0.25) is 4.79 Å². The van der Waals surface area contributed by atoms with Gasteiger partial charge in [0, 0.05) is 34.2 Å². The predicted octanol–water partition coefficient (Wildman–Crippen LogP) is 2.60. The van der Waals surface area contributed by atoms with E-state index in [-0.39, 0.29) is 12.0 Å². The molecule has 1 aromatic heterocycles. The molecule has 2 rings (SSSR count). The maximum Gasteiger partial charge on any atom is 0.187 e. The monoisotopic (exact) mass is 263 g/mol. The molecule has 0 unspecified atom stereocenters. The van der Waals surface area contributed by atoms with Gasteiger partial charge in [0.05, 0.1) is 6.61 Å². The lowest BCUT2D eigenvalue weighted by molar-refractivity contribution is 0.280. The molecule has 3 nitrogen and oxygen atoms in total. The normalized spacial score (nSPS) is 10.7. The Labute approximate surface area is 110 Å². The highest BCUT2D eigenvalue weighted by Gasteiger charge is 2.07. The van der Waals surface area contributed by atoms with Gasteiger partial charge in [0.15, 0.2) is 5.43 Å². The molecule has 0 saturated carbocycles. The maximum atomic E-state index is 11.6. The fraction of sp³-hybridized carbons (Fsp3) is 0.214. The molecule has 94 valence electrons. The van der Waals surface area contributed by atoms with Crippen LogP contribution in [0, 0.1) is 13.8 Å². The van der Waals surface area contributed by atoms with Crippen molar-refractivity contribution in [3.05, 3.63) is 62.5 Å². The van der Waals surface area contributed by atoms with Crippen molar-refractivity contribution in [1.29, 1.82) is 0 Å². The SMILES string of the molecule is Cc1ccc(Cl)cc1-n1cc(CO)c(=O)cc1C. The number of pyridine rings is 1. The van der Waals surface area contributed by atoms with Gasteiger partial charge in [0.25, 0.3) is 0 Å². The zero-order valence-corrected chi connectivity index (χ0v) is 11.0. The minimum absolute atomic E-state index is 0.147. The standard InChI is InChI=1S/C14H14ClNO2/c1-9-3-4-12(15)6-13(9)16-7-11(8-17)14(18)5-10(16)2/h3-7,17H,8H2,1-2H3. The molecule has 0 spiro atoms. The Bertz CT molecular complexity index is 647. The lowest BCUT2D eigenvalue weighted by Gasteiger charge is -2.14. The van der Waals surface area contributed by atoms with Crippen molar-refractivity contribution in [2.24, 2.45) is 0 Å². The van der Waals surface area contributed by atoms with Crippen LogP contribution in [0.4, 0.5) is 0 Å². The summed E-state index contributed by atoms with van der Waals surface area (Å²) >= 11 is 6.00. The Morgan fingerprint density at radius 2 is 2.00 bits per heavy atom. The fourth-order valence-corrected chi connectivity index (χ4v) is 2.06. The number of aromatic nitrogens is 1. The third kappa shape index (κ3) is 2.33. The molecule has 2 aromatic rings. The molecular weight excluding hydrogens is 250 g/mol. The molecule has 0 aliphatic carbocycles. The number of benzene rings is 1. The highest BCUT2D eigenvalue weighted by atomic mass is 35.5. The smallest absolute Gasteiger partial charge is 0.187 e. The molecule has 0 amide bonds. The first kappa shape index (κ1) is 12.9. The predicted molar refractivity (Wildman–Crippen MR) is 72.4 cm³/mol. The maximum absolute atomic E-state index is 11.6. The van der Waals surface area contributed by atoms with Crippen molar-refractivity contribution < 1.29 is 5.11 Å². The number of halogens is 1. The first-order valence-corrected chi connectivity index (χ1v) is 6.00. The Hall–Kier alpha value is -1.58. The van der Waals surface area contributed by atoms with Gasteiger partial charge < -0.3 is 9.67 Å². The molecule has 1 N–H and O–H groups in total. The molecule has 4 heteroatoms. The number of hydrogen-bond acceptors (Lipinski definition) is 2. The van der Waals surface area contributed by atoms with E-state index in [0.717, 1.165) is 16.9 Å². The fourth-order valence-electron chi connectivity index (χ4n) is 1.89. The van der Waals surface area contributed by atoms with E-state index in [9.17, 15) is 4.79 Å². The Balaban J connectivity index is 2.70. The van der Waals surface area contributed by atoms with E-state index in [0.29, 0.717) is 10.6 Å². The average Bonchev–Trinajstić information content (AvgIpc) is 2.33. The molecule has 0 radical (unpaired) electrons. The molecule has 1 aromatic carbocycles. The molecule has 0 saturated heterocycles. The largest absolute Gasteiger partial charge is 0.391 e. The van der Waals surface area contributed by atoms with Crippen molar-refractivity contribution in [1.82, 2.24) is 4.57 Å². The molecule has 0 bridgehead atoms. The number of aliphatic hydroxyl groups is 1. The summed E-state index contributed by atoms with van der Waals surface area (Å²) in [6.45, 7) is 3.56. The van der Waals surface area contributed by atoms with Crippen LogP contribution in [0.2, 0.25) is 5.02 Å². The Morgan fingerprint density at radius 1 is 1.28 bits per heavy atom. The van der Waals surface area contributed by atoms with E-state index in [4.69, 9.17) is 16.7 Å². The summed E-state index contributed by atoms with van der Waals surface area (Å²) in [5.41, 5.74) is 3.00. The van der Waals surface area contributed by atoms with Gasteiger partial charge in [-0.05, 0) is 31.5 Å². The second-order valence-corrected chi connectivity index (χ2v) is 4.70. The zero-order valence-electron chi connectivity index (χ0n) is 10.3. The van der Waals surface area contributed by atoms with E-state index < -0.39 is 0 Å². The molecule has 0 fully saturated rings. The van der Waals surface area contributed by atoms with Crippen molar-refractivity contribution in [2.45, 2.75) is 20.5 Å². The van der Waals surface area contributed by atoms with Crippen molar-refractivity contribution in [3.8, 4) is 5.69 Å². The second-order valence-electron chi connectivity index (χ2n) is 4.26. The van der Waals surface area contributed by atoms with Gasteiger partial charge in [0.2, 0.25) is 0 Å². The van der Waals surface area contributed by atoms with Crippen LogP contribution in [-0.2, 0) is 6.61 Å². The number of hydrogen-bond donors (Lipinski definition) is 1. The minimum atomic E-state index is -0.265. The first-order valence-electron chi connectivity index (χ1n) is 5.62. The molecular formula is C14H14ClNO2. The molecule has 18 heavy (non-hydrogen) atoms. The summed E-state index contributed by atoms with van der Waals surface area (Å²) in [7, 11) is 0.